The summed E-state index contributed by atoms with van der Waals surface area (Å²) in [5.74, 6) is -1.02. The quantitative estimate of drug-likeness (QED) is 0.363. The van der Waals surface area contributed by atoms with E-state index < -0.39 is 45.0 Å². The fourth-order valence-corrected chi connectivity index (χ4v) is 4.97. The maximum Gasteiger partial charge on any atom is 0.416 e. The van der Waals surface area contributed by atoms with Crippen molar-refractivity contribution < 1.29 is 40.3 Å². The molecule has 0 unspecified atom stereocenters. The van der Waals surface area contributed by atoms with Crippen molar-refractivity contribution in [3.05, 3.63) is 63.3 Å². The van der Waals surface area contributed by atoms with Crippen LogP contribution in [0.3, 0.4) is 0 Å². The van der Waals surface area contributed by atoms with E-state index in [0.717, 1.165) is 24.3 Å². The second-order valence-corrected chi connectivity index (χ2v) is 10.7. The minimum Gasteiger partial charge on any atom is -0.493 e. The average molecular weight is 560 g/mol. The Bertz CT molecular complexity index is 1480. The summed E-state index contributed by atoms with van der Waals surface area (Å²) in [6.45, 7) is -0.621. The van der Waals surface area contributed by atoms with Crippen molar-refractivity contribution in [3.8, 4) is 17.1 Å². The SMILES string of the molecule is O=C(COCCCOc1cc(C(F)(F)F)ccc1-c1cc(=O)c2cccc(Cl)c2o1)NS(=O)(=O)C1CC1. The third-order valence-electron chi connectivity index (χ3n) is 5.42. The molecule has 0 spiro atoms. The Morgan fingerprint density at radius 2 is 1.89 bits per heavy atom. The number of halogens is 4. The van der Waals surface area contributed by atoms with Gasteiger partial charge >= 0.3 is 6.18 Å². The molecule has 2 aromatic carbocycles. The molecule has 198 valence electrons. The summed E-state index contributed by atoms with van der Waals surface area (Å²) in [7, 11) is -3.67. The van der Waals surface area contributed by atoms with Crippen molar-refractivity contribution in [2.45, 2.75) is 30.7 Å². The fraction of sp³-hybridized carbons (Fsp3) is 0.333. The average Bonchev–Trinajstić information content (AvgIpc) is 3.67. The zero-order valence-corrected chi connectivity index (χ0v) is 20.7. The molecule has 1 amide bonds. The standard InChI is InChI=1S/C24H21ClF3NO7S/c25-18-4-1-3-16-19(30)12-21(36-23(16)18)17-8-5-14(24(26,27)28)11-20(17)35-10-2-9-34-13-22(31)29-37(32,33)15-6-7-15/h1,3-5,8,11-12,15H,2,6-7,9-10,13H2,(H,29,31). The lowest BCUT2D eigenvalue weighted by atomic mass is 10.1. The normalized spacial score (nSPS) is 14.1. The number of ether oxygens (including phenoxy) is 2. The van der Waals surface area contributed by atoms with Gasteiger partial charge in [0.1, 0.15) is 18.1 Å². The molecule has 0 radical (unpaired) electrons. The van der Waals surface area contributed by atoms with Gasteiger partial charge in [-0.2, -0.15) is 13.2 Å². The largest absolute Gasteiger partial charge is 0.493 e. The molecule has 1 aliphatic rings. The van der Waals surface area contributed by atoms with Crippen LogP contribution in [-0.4, -0.2) is 39.4 Å². The summed E-state index contributed by atoms with van der Waals surface area (Å²) < 4.78 is 81.8. The van der Waals surface area contributed by atoms with Crippen molar-refractivity contribution in [2.24, 2.45) is 0 Å². The summed E-state index contributed by atoms with van der Waals surface area (Å²) in [5.41, 5.74) is -1.19. The summed E-state index contributed by atoms with van der Waals surface area (Å²) in [4.78, 5) is 24.3. The number of carbonyl (C=O) groups excluding carboxylic acids is 1. The van der Waals surface area contributed by atoms with E-state index in [4.69, 9.17) is 25.5 Å². The molecule has 1 aliphatic carbocycles. The zero-order chi connectivity index (χ0) is 26.8. The molecule has 1 heterocycles. The topological polar surface area (TPSA) is 112 Å². The molecule has 3 aromatic rings. The van der Waals surface area contributed by atoms with Gasteiger partial charge in [0.05, 0.1) is 40.0 Å². The van der Waals surface area contributed by atoms with Gasteiger partial charge in [-0.1, -0.05) is 17.7 Å². The Labute approximate surface area is 214 Å². The molecule has 37 heavy (non-hydrogen) atoms. The van der Waals surface area contributed by atoms with Crippen molar-refractivity contribution >= 4 is 38.5 Å². The monoisotopic (exact) mass is 559 g/mol. The van der Waals surface area contributed by atoms with E-state index in [2.05, 4.69) is 0 Å². The molecule has 0 atom stereocenters. The first-order valence-electron chi connectivity index (χ1n) is 11.1. The van der Waals surface area contributed by atoms with Gasteiger partial charge in [-0.3, -0.25) is 14.3 Å². The molecular formula is C24H21ClF3NO7S. The van der Waals surface area contributed by atoms with Gasteiger partial charge in [0.25, 0.3) is 5.91 Å². The minimum atomic E-state index is -4.64. The highest BCUT2D eigenvalue weighted by atomic mass is 35.5. The Morgan fingerprint density at radius 3 is 2.59 bits per heavy atom. The highest BCUT2D eigenvalue weighted by molar-refractivity contribution is 7.90. The van der Waals surface area contributed by atoms with Crippen molar-refractivity contribution in [1.82, 2.24) is 4.72 Å². The molecule has 0 bridgehead atoms. The lowest BCUT2D eigenvalue weighted by molar-refractivity contribution is -0.137. The van der Waals surface area contributed by atoms with Gasteiger partial charge < -0.3 is 13.9 Å². The highest BCUT2D eigenvalue weighted by Gasteiger charge is 2.36. The van der Waals surface area contributed by atoms with Crippen LogP contribution in [0.15, 0.2) is 51.7 Å². The predicted octanol–water partition coefficient (Wildman–Crippen LogP) is 4.53. The van der Waals surface area contributed by atoms with Crippen molar-refractivity contribution in [2.75, 3.05) is 19.8 Å². The second kappa shape index (κ2) is 10.7. The van der Waals surface area contributed by atoms with Crippen LogP contribution in [0.1, 0.15) is 24.8 Å². The first-order valence-corrected chi connectivity index (χ1v) is 13.1. The van der Waals surface area contributed by atoms with Gasteiger partial charge in [-0.15, -0.1) is 0 Å². The third-order valence-corrected chi connectivity index (χ3v) is 7.58. The number of hydrogen-bond acceptors (Lipinski definition) is 7. The number of carbonyl (C=O) groups is 1. The lowest BCUT2D eigenvalue weighted by Gasteiger charge is -2.15. The minimum absolute atomic E-state index is 0.0220. The first kappa shape index (κ1) is 27.0. The molecule has 0 aliphatic heterocycles. The molecule has 1 N–H and O–H groups in total. The van der Waals surface area contributed by atoms with Crippen LogP contribution in [0.25, 0.3) is 22.3 Å². The summed E-state index contributed by atoms with van der Waals surface area (Å²) in [5, 5.41) is -0.164. The molecule has 13 heteroatoms. The van der Waals surface area contributed by atoms with Crippen LogP contribution >= 0.6 is 11.6 Å². The first-order chi connectivity index (χ1) is 17.5. The van der Waals surface area contributed by atoms with Crippen LogP contribution in [0, 0.1) is 0 Å². The summed E-state index contributed by atoms with van der Waals surface area (Å²) >= 11 is 6.13. The number of para-hydroxylation sites is 1. The lowest BCUT2D eigenvalue weighted by Crippen LogP contribution is -2.35. The van der Waals surface area contributed by atoms with E-state index in [1.54, 1.807) is 6.07 Å². The van der Waals surface area contributed by atoms with E-state index in [9.17, 15) is 31.2 Å². The van der Waals surface area contributed by atoms with Gasteiger partial charge in [-0.25, -0.2) is 8.42 Å². The summed E-state index contributed by atoms with van der Waals surface area (Å²) in [6, 6.07) is 8.53. The highest BCUT2D eigenvalue weighted by Crippen LogP contribution is 2.38. The van der Waals surface area contributed by atoms with E-state index in [-0.39, 0.29) is 52.7 Å². The maximum atomic E-state index is 13.3. The van der Waals surface area contributed by atoms with Crippen molar-refractivity contribution in [1.29, 1.82) is 0 Å². The zero-order valence-electron chi connectivity index (χ0n) is 19.1. The molecule has 0 saturated heterocycles. The number of hydrogen-bond donors (Lipinski definition) is 1. The van der Waals surface area contributed by atoms with E-state index >= 15 is 0 Å². The maximum absolute atomic E-state index is 13.3. The van der Waals surface area contributed by atoms with Crippen molar-refractivity contribution in [3.63, 3.8) is 0 Å². The van der Waals surface area contributed by atoms with Gasteiger partial charge in [0, 0.05) is 12.5 Å². The number of sulfonamides is 1. The number of nitrogens with one attached hydrogen (secondary N) is 1. The Morgan fingerprint density at radius 1 is 1.14 bits per heavy atom. The molecule has 1 fully saturated rings. The van der Waals surface area contributed by atoms with Gasteiger partial charge in [0.15, 0.2) is 11.0 Å². The second-order valence-electron chi connectivity index (χ2n) is 8.32. The van der Waals surface area contributed by atoms with Crippen LogP contribution in [-0.2, 0) is 25.7 Å². The molecule has 4 rings (SSSR count). The van der Waals surface area contributed by atoms with E-state index in [0.29, 0.717) is 12.8 Å². The Kier molecular flexibility index (Phi) is 7.81. The van der Waals surface area contributed by atoms with Crippen LogP contribution in [0.2, 0.25) is 5.02 Å². The van der Waals surface area contributed by atoms with Crippen LogP contribution in [0.5, 0.6) is 5.75 Å². The number of alkyl halides is 3. The fourth-order valence-electron chi connectivity index (χ4n) is 3.46. The van der Waals surface area contributed by atoms with Gasteiger partial charge in [-0.05, 0) is 43.2 Å². The predicted molar refractivity (Wildman–Crippen MR) is 129 cm³/mol. The molecule has 8 nitrogen and oxygen atoms in total. The Balaban J connectivity index is 1.44. The number of rotatable bonds is 10. The van der Waals surface area contributed by atoms with Gasteiger partial charge in [0.2, 0.25) is 10.0 Å². The molecule has 1 saturated carbocycles. The Hall–Kier alpha value is -3.09. The van der Waals surface area contributed by atoms with E-state index in [1.807, 2.05) is 4.72 Å². The molecular weight excluding hydrogens is 539 g/mol. The van der Waals surface area contributed by atoms with Crippen LogP contribution < -0.4 is 14.9 Å². The third kappa shape index (κ3) is 6.62. The number of fused-ring (bicyclic) bond motifs is 1. The summed E-state index contributed by atoms with van der Waals surface area (Å²) in [6.07, 6.45) is -3.45. The van der Waals surface area contributed by atoms with Crippen LogP contribution in [0.4, 0.5) is 13.2 Å². The number of amides is 1. The number of benzene rings is 2. The smallest absolute Gasteiger partial charge is 0.416 e. The van der Waals surface area contributed by atoms with E-state index in [1.165, 1.54) is 12.1 Å². The molecule has 1 aromatic heterocycles.